The Balaban J connectivity index is 2.35. The van der Waals surface area contributed by atoms with Crippen LogP contribution >= 0.6 is 34.5 Å². The van der Waals surface area contributed by atoms with Gasteiger partial charge in [-0.05, 0) is 18.2 Å². The lowest BCUT2D eigenvalue weighted by molar-refractivity contribution is 0.100. The van der Waals surface area contributed by atoms with Crippen LogP contribution in [-0.2, 0) is 0 Å². The Morgan fingerprint density at radius 1 is 1.28 bits per heavy atom. The molecule has 0 aliphatic heterocycles. The predicted molar refractivity (Wildman–Crippen MR) is 98.4 cm³/mol. The van der Waals surface area contributed by atoms with Crippen molar-refractivity contribution in [3.8, 4) is 27.8 Å². The fourth-order valence-corrected chi connectivity index (χ4v) is 3.93. The number of nitriles is 1. The van der Waals surface area contributed by atoms with E-state index in [1.807, 2.05) is 0 Å². The number of carbonyl (C=O) groups is 1. The zero-order valence-corrected chi connectivity index (χ0v) is 14.8. The van der Waals surface area contributed by atoms with Crippen molar-refractivity contribution in [1.82, 2.24) is 9.97 Å². The van der Waals surface area contributed by atoms with Crippen LogP contribution in [0.25, 0.3) is 21.7 Å². The first-order chi connectivity index (χ1) is 11.9. The van der Waals surface area contributed by atoms with Crippen molar-refractivity contribution in [1.29, 1.82) is 5.26 Å². The van der Waals surface area contributed by atoms with Gasteiger partial charge in [-0.2, -0.15) is 5.26 Å². The maximum atomic E-state index is 11.9. The number of nitrogen functional groups attached to an aromatic ring is 1. The molecule has 0 atom stereocenters. The number of anilines is 1. The highest BCUT2D eigenvalue weighted by Gasteiger charge is 2.25. The molecule has 0 aliphatic rings. The van der Waals surface area contributed by atoms with E-state index in [0.717, 1.165) is 11.3 Å². The van der Waals surface area contributed by atoms with Crippen molar-refractivity contribution >= 4 is 46.4 Å². The summed E-state index contributed by atoms with van der Waals surface area (Å²) in [5.41, 5.74) is 12.6. The van der Waals surface area contributed by atoms with Gasteiger partial charge < -0.3 is 11.5 Å². The Kier molecular flexibility index (Phi) is 4.59. The van der Waals surface area contributed by atoms with Crippen LogP contribution in [0.4, 0.5) is 5.95 Å². The monoisotopic (exact) mass is 389 g/mol. The molecule has 0 fully saturated rings. The Hall–Kier alpha value is -2.66. The summed E-state index contributed by atoms with van der Waals surface area (Å²) in [7, 11) is 0. The molecule has 3 rings (SSSR count). The fourth-order valence-electron chi connectivity index (χ4n) is 2.34. The van der Waals surface area contributed by atoms with Crippen molar-refractivity contribution in [2.45, 2.75) is 0 Å². The average Bonchev–Trinajstić information content (AvgIpc) is 2.94. The second kappa shape index (κ2) is 6.69. The molecule has 3 aromatic rings. The van der Waals surface area contributed by atoms with E-state index in [1.165, 1.54) is 12.3 Å². The van der Waals surface area contributed by atoms with E-state index < -0.39 is 5.91 Å². The van der Waals surface area contributed by atoms with E-state index in [-0.39, 0.29) is 16.4 Å². The number of amides is 1. The number of aromatic nitrogens is 2. The van der Waals surface area contributed by atoms with Crippen molar-refractivity contribution in [3.63, 3.8) is 0 Å². The normalized spacial score (nSPS) is 10.4. The predicted octanol–water partition coefficient (Wildman–Crippen LogP) is 3.73. The van der Waals surface area contributed by atoms with Gasteiger partial charge in [0.1, 0.15) is 10.9 Å². The Bertz CT molecular complexity index is 1040. The summed E-state index contributed by atoms with van der Waals surface area (Å²) in [6.45, 7) is 0. The number of hydrogen-bond acceptors (Lipinski definition) is 6. The third-order valence-corrected chi connectivity index (χ3v) is 5.13. The molecule has 0 saturated heterocycles. The van der Waals surface area contributed by atoms with Gasteiger partial charge in [0, 0.05) is 27.4 Å². The maximum Gasteiger partial charge on any atom is 0.259 e. The topological polar surface area (TPSA) is 119 Å². The van der Waals surface area contributed by atoms with Crippen molar-refractivity contribution in [2.24, 2.45) is 5.73 Å². The molecule has 2 aromatic heterocycles. The van der Waals surface area contributed by atoms with E-state index in [9.17, 15) is 10.1 Å². The second-order valence-electron chi connectivity index (χ2n) is 4.91. The van der Waals surface area contributed by atoms with Crippen LogP contribution in [-0.4, -0.2) is 15.9 Å². The summed E-state index contributed by atoms with van der Waals surface area (Å²) < 4.78 is 0. The van der Waals surface area contributed by atoms with Gasteiger partial charge in [0.25, 0.3) is 5.91 Å². The van der Waals surface area contributed by atoms with Crippen LogP contribution in [0.15, 0.2) is 30.5 Å². The Morgan fingerprint density at radius 3 is 2.64 bits per heavy atom. The number of carbonyl (C=O) groups excluding carboxylic acids is 1. The summed E-state index contributed by atoms with van der Waals surface area (Å²) >= 11 is 13.2. The van der Waals surface area contributed by atoms with Crippen LogP contribution in [0, 0.1) is 11.3 Å². The first-order valence-corrected chi connectivity index (χ1v) is 8.40. The van der Waals surface area contributed by atoms with Gasteiger partial charge in [-0.3, -0.25) is 4.79 Å². The summed E-state index contributed by atoms with van der Waals surface area (Å²) in [4.78, 5) is 20.6. The molecule has 124 valence electrons. The van der Waals surface area contributed by atoms with Gasteiger partial charge in [-0.25, -0.2) is 9.97 Å². The molecule has 9 heteroatoms. The lowest BCUT2D eigenvalue weighted by Gasteiger charge is -2.06. The average molecular weight is 390 g/mol. The molecule has 0 unspecified atom stereocenters. The molecule has 0 bridgehead atoms. The molecule has 0 spiro atoms. The number of rotatable bonds is 3. The molecule has 4 N–H and O–H groups in total. The van der Waals surface area contributed by atoms with Crippen LogP contribution in [0.5, 0.6) is 0 Å². The van der Waals surface area contributed by atoms with Gasteiger partial charge in [0.15, 0.2) is 0 Å². The fraction of sp³-hybridized carbons (Fsp3) is 0. The SMILES string of the molecule is N#Cc1c(-c2ccnc(N)n2)sc(C(N)=O)c1-c1ccc(Cl)cc1Cl. The number of benzene rings is 1. The standard InChI is InChI=1S/C16H9Cl2N5OS/c17-7-1-2-8(10(18)5-7)12-9(6-19)13(25-14(12)15(20)24)11-3-4-22-16(21)23-11/h1-5H,(H2,20,24)(H2,21,22,23). The zero-order valence-electron chi connectivity index (χ0n) is 12.5. The van der Waals surface area contributed by atoms with Gasteiger partial charge in [-0.1, -0.05) is 29.3 Å². The minimum Gasteiger partial charge on any atom is -0.368 e. The van der Waals surface area contributed by atoms with E-state index >= 15 is 0 Å². The van der Waals surface area contributed by atoms with Gasteiger partial charge in [0.05, 0.1) is 16.1 Å². The van der Waals surface area contributed by atoms with Crippen LogP contribution < -0.4 is 11.5 Å². The summed E-state index contributed by atoms with van der Waals surface area (Å²) in [5, 5.41) is 10.4. The van der Waals surface area contributed by atoms with Crippen LogP contribution in [0.1, 0.15) is 15.2 Å². The summed E-state index contributed by atoms with van der Waals surface area (Å²) in [6, 6.07) is 8.49. The number of halogens is 2. The number of nitrogens with zero attached hydrogens (tertiary/aromatic N) is 3. The van der Waals surface area contributed by atoms with E-state index in [0.29, 0.717) is 31.7 Å². The molecule has 0 radical (unpaired) electrons. The van der Waals surface area contributed by atoms with Crippen molar-refractivity contribution < 1.29 is 4.79 Å². The maximum absolute atomic E-state index is 11.9. The lowest BCUT2D eigenvalue weighted by Crippen LogP contribution is -2.10. The third kappa shape index (κ3) is 3.15. The highest BCUT2D eigenvalue weighted by molar-refractivity contribution is 7.18. The summed E-state index contributed by atoms with van der Waals surface area (Å²) in [5.74, 6) is -0.614. The van der Waals surface area contributed by atoms with Crippen molar-refractivity contribution in [3.05, 3.63) is 50.9 Å². The van der Waals surface area contributed by atoms with Gasteiger partial charge >= 0.3 is 0 Å². The van der Waals surface area contributed by atoms with E-state index in [4.69, 9.17) is 34.7 Å². The molecule has 0 saturated carbocycles. The number of nitrogens with two attached hydrogens (primary N) is 2. The number of primary amides is 1. The van der Waals surface area contributed by atoms with Gasteiger partial charge in [-0.15, -0.1) is 11.3 Å². The second-order valence-corrected chi connectivity index (χ2v) is 6.77. The largest absolute Gasteiger partial charge is 0.368 e. The molecular weight excluding hydrogens is 381 g/mol. The smallest absolute Gasteiger partial charge is 0.259 e. The third-order valence-electron chi connectivity index (χ3n) is 3.35. The Labute approximate surface area is 156 Å². The molecule has 25 heavy (non-hydrogen) atoms. The van der Waals surface area contributed by atoms with Gasteiger partial charge in [0.2, 0.25) is 5.95 Å². The summed E-state index contributed by atoms with van der Waals surface area (Å²) in [6.07, 6.45) is 1.47. The van der Waals surface area contributed by atoms with Crippen molar-refractivity contribution in [2.75, 3.05) is 5.73 Å². The van der Waals surface area contributed by atoms with E-state index in [2.05, 4.69) is 16.0 Å². The number of hydrogen-bond donors (Lipinski definition) is 2. The quantitative estimate of drug-likeness (QED) is 0.706. The number of thiophene rings is 1. The molecule has 6 nitrogen and oxygen atoms in total. The molecule has 1 amide bonds. The van der Waals surface area contributed by atoms with Crippen LogP contribution in [0.3, 0.4) is 0 Å². The Morgan fingerprint density at radius 2 is 2.04 bits per heavy atom. The minimum atomic E-state index is -0.671. The molecule has 1 aromatic carbocycles. The molecule has 2 heterocycles. The first kappa shape index (κ1) is 17.2. The zero-order chi connectivity index (χ0) is 18.1. The first-order valence-electron chi connectivity index (χ1n) is 6.83. The highest BCUT2D eigenvalue weighted by atomic mass is 35.5. The minimum absolute atomic E-state index is 0.0569. The van der Waals surface area contributed by atoms with Crippen LogP contribution in [0.2, 0.25) is 10.0 Å². The molecule has 0 aliphatic carbocycles. The lowest BCUT2D eigenvalue weighted by atomic mass is 9.99. The molecular formula is C16H9Cl2N5OS. The van der Waals surface area contributed by atoms with E-state index in [1.54, 1.807) is 18.2 Å². The highest BCUT2D eigenvalue weighted by Crippen LogP contribution is 2.43.